The van der Waals surface area contributed by atoms with Gasteiger partial charge in [-0.15, -0.1) is 0 Å². The minimum absolute atomic E-state index is 0.119. The zero-order valence-corrected chi connectivity index (χ0v) is 11.9. The van der Waals surface area contributed by atoms with Gasteiger partial charge in [-0.25, -0.2) is 9.97 Å². The van der Waals surface area contributed by atoms with Gasteiger partial charge >= 0.3 is 5.69 Å². The first-order chi connectivity index (χ1) is 8.56. The Kier molecular flexibility index (Phi) is 3.87. The minimum Gasteiger partial charge on any atom is -0.432 e. The van der Waals surface area contributed by atoms with Gasteiger partial charge in [0.25, 0.3) is 0 Å². The number of hydrogen-bond acceptors (Lipinski definition) is 5. The monoisotopic (exact) mass is 373 g/mol. The average molecular weight is 375 g/mol. The van der Waals surface area contributed by atoms with E-state index in [1.165, 1.54) is 24.5 Å². The summed E-state index contributed by atoms with van der Waals surface area (Å²) in [7, 11) is 0. The lowest BCUT2D eigenvalue weighted by atomic mass is 10.3. The van der Waals surface area contributed by atoms with Crippen molar-refractivity contribution < 1.29 is 9.66 Å². The highest BCUT2D eigenvalue weighted by Gasteiger charge is 2.16. The first kappa shape index (κ1) is 12.9. The maximum Gasteiger partial charge on any atom is 0.312 e. The van der Waals surface area contributed by atoms with Gasteiger partial charge in [0, 0.05) is 16.6 Å². The fourth-order valence-electron chi connectivity index (χ4n) is 1.21. The molecule has 0 radical (unpaired) electrons. The molecule has 18 heavy (non-hydrogen) atoms. The summed E-state index contributed by atoms with van der Waals surface area (Å²) in [5.41, 5.74) is -0.140. The van der Waals surface area contributed by atoms with Crippen LogP contribution in [-0.2, 0) is 0 Å². The van der Waals surface area contributed by atoms with Gasteiger partial charge in [0.1, 0.15) is 10.9 Å². The quantitative estimate of drug-likeness (QED) is 0.465. The highest BCUT2D eigenvalue weighted by atomic mass is 79.9. The van der Waals surface area contributed by atoms with Crippen LogP contribution in [0.1, 0.15) is 0 Å². The Hall–Kier alpha value is -1.54. The fourth-order valence-corrected chi connectivity index (χ4v) is 1.84. The average Bonchev–Trinajstić information content (AvgIpc) is 2.31. The maximum absolute atomic E-state index is 10.9. The number of hydrogen-bond donors (Lipinski definition) is 0. The van der Waals surface area contributed by atoms with Crippen LogP contribution in [0.25, 0.3) is 0 Å². The highest BCUT2D eigenvalue weighted by Crippen LogP contribution is 2.33. The molecule has 0 saturated carbocycles. The fraction of sp³-hybridized carbons (Fsp3) is 0. The molecule has 1 aromatic heterocycles. The summed E-state index contributed by atoms with van der Waals surface area (Å²) in [6.07, 6.45) is 1.30. The van der Waals surface area contributed by atoms with Crippen LogP contribution in [0.15, 0.2) is 39.7 Å². The lowest BCUT2D eigenvalue weighted by Gasteiger charge is -2.05. The summed E-state index contributed by atoms with van der Waals surface area (Å²) >= 11 is 6.33. The highest BCUT2D eigenvalue weighted by molar-refractivity contribution is 9.10. The molecule has 0 unspecified atom stereocenters. The molecule has 6 nitrogen and oxygen atoms in total. The number of nitrogens with zero attached hydrogens (tertiary/aromatic N) is 3. The van der Waals surface area contributed by atoms with Crippen LogP contribution in [0.3, 0.4) is 0 Å². The van der Waals surface area contributed by atoms with Gasteiger partial charge in [-0.1, -0.05) is 15.9 Å². The van der Waals surface area contributed by atoms with E-state index < -0.39 is 4.92 Å². The van der Waals surface area contributed by atoms with Crippen molar-refractivity contribution in [3.63, 3.8) is 0 Å². The molecule has 1 heterocycles. The Morgan fingerprint density at radius 2 is 2.00 bits per heavy atom. The van der Waals surface area contributed by atoms with Crippen molar-refractivity contribution in [3.8, 4) is 11.6 Å². The van der Waals surface area contributed by atoms with Crippen LogP contribution in [0, 0.1) is 10.1 Å². The molecule has 0 aliphatic heterocycles. The van der Waals surface area contributed by atoms with Crippen molar-refractivity contribution in [1.29, 1.82) is 0 Å². The van der Waals surface area contributed by atoms with E-state index >= 15 is 0 Å². The Bertz CT molecular complexity index is 607. The summed E-state index contributed by atoms with van der Waals surface area (Å²) in [6, 6.07) is 6.04. The van der Waals surface area contributed by atoms with E-state index in [-0.39, 0.29) is 17.3 Å². The van der Waals surface area contributed by atoms with E-state index in [0.717, 1.165) is 0 Å². The number of ether oxygens (including phenoxy) is 1. The number of benzene rings is 1. The molecular formula is C10H5Br2N3O3. The molecule has 1 aromatic carbocycles. The van der Waals surface area contributed by atoms with Gasteiger partial charge in [0.05, 0.1) is 4.92 Å². The van der Waals surface area contributed by atoms with Crippen molar-refractivity contribution in [3.05, 3.63) is 49.8 Å². The van der Waals surface area contributed by atoms with Crippen molar-refractivity contribution in [2.24, 2.45) is 0 Å². The third-order valence-electron chi connectivity index (χ3n) is 1.94. The SMILES string of the molecule is O=[N+]([O-])c1cc(Br)ccc1Oc1cc(Br)ncn1. The topological polar surface area (TPSA) is 78.2 Å². The Morgan fingerprint density at radius 1 is 1.22 bits per heavy atom. The standard InChI is InChI=1S/C10H5Br2N3O3/c11-6-1-2-8(7(3-6)15(16)17)18-10-4-9(12)13-5-14-10/h1-5H. The van der Waals surface area contributed by atoms with Crippen molar-refractivity contribution >= 4 is 37.5 Å². The molecule has 0 bridgehead atoms. The zero-order chi connectivity index (χ0) is 13.1. The molecule has 0 aliphatic rings. The molecule has 2 rings (SSSR count). The van der Waals surface area contributed by atoms with E-state index in [0.29, 0.717) is 9.08 Å². The Morgan fingerprint density at radius 3 is 2.67 bits per heavy atom. The number of aromatic nitrogens is 2. The molecule has 0 aliphatic carbocycles. The van der Waals surface area contributed by atoms with E-state index in [9.17, 15) is 10.1 Å². The van der Waals surface area contributed by atoms with Crippen LogP contribution < -0.4 is 4.74 Å². The van der Waals surface area contributed by atoms with Gasteiger partial charge in [0.15, 0.2) is 0 Å². The molecule has 92 valence electrons. The lowest BCUT2D eigenvalue weighted by molar-refractivity contribution is -0.385. The summed E-state index contributed by atoms with van der Waals surface area (Å²) in [5, 5.41) is 10.9. The van der Waals surface area contributed by atoms with Crippen LogP contribution in [0.2, 0.25) is 0 Å². The second-order valence-electron chi connectivity index (χ2n) is 3.15. The summed E-state index contributed by atoms with van der Waals surface area (Å²) in [6.45, 7) is 0. The predicted octanol–water partition coefficient (Wildman–Crippen LogP) is 3.70. The maximum atomic E-state index is 10.9. The van der Waals surface area contributed by atoms with Gasteiger partial charge in [0.2, 0.25) is 11.6 Å². The first-order valence-corrected chi connectivity index (χ1v) is 6.24. The van der Waals surface area contributed by atoms with Crippen molar-refractivity contribution in [2.75, 3.05) is 0 Å². The molecular weight excluding hydrogens is 370 g/mol. The molecule has 0 amide bonds. The molecule has 0 spiro atoms. The van der Waals surface area contributed by atoms with E-state index in [2.05, 4.69) is 41.8 Å². The number of rotatable bonds is 3. The van der Waals surface area contributed by atoms with Gasteiger partial charge < -0.3 is 4.74 Å². The Labute approximate surface area is 118 Å². The van der Waals surface area contributed by atoms with Gasteiger partial charge in [-0.3, -0.25) is 10.1 Å². The van der Waals surface area contributed by atoms with Crippen LogP contribution >= 0.6 is 31.9 Å². The summed E-state index contributed by atoms with van der Waals surface area (Å²) in [5.74, 6) is 0.344. The second-order valence-corrected chi connectivity index (χ2v) is 4.88. The first-order valence-electron chi connectivity index (χ1n) is 4.65. The molecule has 8 heteroatoms. The minimum atomic E-state index is -0.518. The summed E-state index contributed by atoms with van der Waals surface area (Å²) in [4.78, 5) is 18.1. The molecule has 0 saturated heterocycles. The number of nitro benzene ring substituents is 1. The zero-order valence-electron chi connectivity index (χ0n) is 8.71. The van der Waals surface area contributed by atoms with Gasteiger partial charge in [-0.2, -0.15) is 0 Å². The van der Waals surface area contributed by atoms with E-state index in [1.54, 1.807) is 6.07 Å². The van der Waals surface area contributed by atoms with Crippen molar-refractivity contribution in [2.45, 2.75) is 0 Å². The van der Waals surface area contributed by atoms with Crippen LogP contribution in [0.5, 0.6) is 11.6 Å². The van der Waals surface area contributed by atoms with E-state index in [4.69, 9.17) is 4.74 Å². The Balaban J connectivity index is 2.37. The summed E-state index contributed by atoms with van der Waals surface area (Å²) < 4.78 is 6.50. The number of halogens is 2. The predicted molar refractivity (Wildman–Crippen MR) is 70.6 cm³/mol. The molecule has 0 atom stereocenters. The van der Waals surface area contributed by atoms with Gasteiger partial charge in [-0.05, 0) is 28.1 Å². The normalized spacial score (nSPS) is 10.1. The third kappa shape index (κ3) is 3.02. The second kappa shape index (κ2) is 5.40. The van der Waals surface area contributed by atoms with Crippen LogP contribution in [0.4, 0.5) is 5.69 Å². The smallest absolute Gasteiger partial charge is 0.312 e. The third-order valence-corrected chi connectivity index (χ3v) is 2.87. The van der Waals surface area contributed by atoms with Crippen LogP contribution in [-0.4, -0.2) is 14.9 Å². The molecule has 2 aromatic rings. The molecule has 0 fully saturated rings. The largest absolute Gasteiger partial charge is 0.432 e. The van der Waals surface area contributed by atoms with Crippen molar-refractivity contribution in [1.82, 2.24) is 9.97 Å². The number of nitro groups is 1. The lowest BCUT2D eigenvalue weighted by Crippen LogP contribution is -1.95. The van der Waals surface area contributed by atoms with E-state index in [1.807, 2.05) is 0 Å². The molecule has 0 N–H and O–H groups in total.